The molecule has 3 fully saturated rings. The number of halogens is 1. The van der Waals surface area contributed by atoms with Gasteiger partial charge in [0.1, 0.15) is 17.3 Å². The van der Waals surface area contributed by atoms with Crippen LogP contribution in [0.2, 0.25) is 0 Å². The van der Waals surface area contributed by atoms with Crippen molar-refractivity contribution in [2.45, 2.75) is 23.8 Å². The number of amidine groups is 1. The summed E-state index contributed by atoms with van der Waals surface area (Å²) in [6.45, 7) is 5.55. The van der Waals surface area contributed by atoms with Crippen LogP contribution in [0.5, 0.6) is 0 Å². The van der Waals surface area contributed by atoms with Crippen LogP contribution >= 0.6 is 11.9 Å². The number of rotatable bonds is 3. The van der Waals surface area contributed by atoms with Gasteiger partial charge in [-0.1, -0.05) is 0 Å². The fourth-order valence-electron chi connectivity index (χ4n) is 3.54. The molecule has 0 spiro atoms. The molecule has 4 aliphatic rings. The smallest absolute Gasteiger partial charge is 0.126 e. The summed E-state index contributed by atoms with van der Waals surface area (Å²) in [6, 6.07) is 3.82. The summed E-state index contributed by atoms with van der Waals surface area (Å²) < 4.78 is 22.7. The predicted molar refractivity (Wildman–Crippen MR) is 93.6 cm³/mol. The van der Waals surface area contributed by atoms with Crippen molar-refractivity contribution in [2.24, 2.45) is 10.9 Å². The molecule has 2 saturated heterocycles. The van der Waals surface area contributed by atoms with Gasteiger partial charge in [0, 0.05) is 32.1 Å². The fraction of sp³-hybridized carbons (Fsp3) is 0.588. The van der Waals surface area contributed by atoms with Crippen molar-refractivity contribution >= 4 is 29.2 Å². The molecule has 1 saturated carbocycles. The van der Waals surface area contributed by atoms with Crippen molar-refractivity contribution in [3.8, 4) is 0 Å². The second kappa shape index (κ2) is 5.89. The Hall–Kier alpha value is -1.31. The highest BCUT2D eigenvalue weighted by Gasteiger charge is 2.33. The molecular weight excluding hydrogens is 327 g/mol. The van der Waals surface area contributed by atoms with Gasteiger partial charge in [0.05, 0.1) is 29.8 Å². The van der Waals surface area contributed by atoms with Crippen LogP contribution in [0.4, 0.5) is 15.8 Å². The first-order chi connectivity index (χ1) is 11.8. The van der Waals surface area contributed by atoms with Gasteiger partial charge in [-0.2, -0.15) is 0 Å². The summed E-state index contributed by atoms with van der Waals surface area (Å²) in [5.74, 6) is 1.45. The van der Waals surface area contributed by atoms with E-state index in [9.17, 15) is 4.39 Å². The number of fused-ring (bicyclic) bond motifs is 1. The monoisotopic (exact) mass is 348 g/mol. The summed E-state index contributed by atoms with van der Waals surface area (Å²) in [5, 5.41) is 0. The third-order valence-electron chi connectivity index (χ3n) is 5.27. The predicted octanol–water partition coefficient (Wildman–Crippen LogP) is 2.40. The first kappa shape index (κ1) is 15.0. The lowest BCUT2D eigenvalue weighted by molar-refractivity contribution is -0.0660. The number of benzene rings is 1. The van der Waals surface area contributed by atoms with Crippen LogP contribution in [0.15, 0.2) is 22.0 Å². The number of anilines is 1. The summed E-state index contributed by atoms with van der Waals surface area (Å²) in [4.78, 5) is 10.5. The number of piperazine rings is 1. The van der Waals surface area contributed by atoms with Crippen molar-refractivity contribution in [3.05, 3.63) is 17.9 Å². The molecule has 5 nitrogen and oxygen atoms in total. The van der Waals surface area contributed by atoms with Crippen molar-refractivity contribution in [1.29, 1.82) is 0 Å². The van der Waals surface area contributed by atoms with E-state index in [1.54, 1.807) is 12.1 Å². The van der Waals surface area contributed by atoms with E-state index in [2.05, 4.69) is 14.5 Å². The van der Waals surface area contributed by atoms with Gasteiger partial charge in [0.2, 0.25) is 0 Å². The normalized spacial score (nSPS) is 24.9. The van der Waals surface area contributed by atoms with E-state index in [0.717, 1.165) is 61.5 Å². The highest BCUT2D eigenvalue weighted by molar-refractivity contribution is 7.98. The SMILES string of the molecule is Fc1cc2c(c(N3CCN(C4COC4)CC3)c1)N=C(C1CC1)NS2. The van der Waals surface area contributed by atoms with Gasteiger partial charge in [0.15, 0.2) is 0 Å². The van der Waals surface area contributed by atoms with Crippen molar-refractivity contribution in [2.75, 3.05) is 44.3 Å². The van der Waals surface area contributed by atoms with Crippen molar-refractivity contribution in [3.63, 3.8) is 0 Å². The summed E-state index contributed by atoms with van der Waals surface area (Å²) in [7, 11) is 0. The minimum absolute atomic E-state index is 0.182. The highest BCUT2D eigenvalue weighted by Crippen LogP contribution is 2.44. The average molecular weight is 348 g/mol. The summed E-state index contributed by atoms with van der Waals surface area (Å²) >= 11 is 1.50. The second-order valence-electron chi connectivity index (χ2n) is 6.96. The van der Waals surface area contributed by atoms with Gasteiger partial charge >= 0.3 is 0 Å². The number of hydrogen-bond acceptors (Lipinski definition) is 6. The van der Waals surface area contributed by atoms with Crippen LogP contribution in [0.3, 0.4) is 0 Å². The Morgan fingerprint density at radius 3 is 2.62 bits per heavy atom. The molecule has 0 unspecified atom stereocenters. The van der Waals surface area contributed by atoms with Crippen LogP contribution in [-0.2, 0) is 4.74 Å². The standard InChI is InChI=1S/C17H21FN4OS/c18-12-7-14(22-5-3-21(4-6-22)13-9-23-10-13)16-15(8-12)24-20-17(19-16)11-1-2-11/h7-8,11,13H,1-6,9-10H2,(H,19,20). The molecule has 1 aliphatic carbocycles. The van der Waals surface area contributed by atoms with Gasteiger partial charge in [-0.15, -0.1) is 0 Å². The molecule has 0 bridgehead atoms. The lowest BCUT2D eigenvalue weighted by atomic mass is 10.1. The van der Waals surface area contributed by atoms with E-state index in [1.807, 2.05) is 0 Å². The Morgan fingerprint density at radius 2 is 1.96 bits per heavy atom. The molecule has 1 aromatic rings. The molecule has 7 heteroatoms. The quantitative estimate of drug-likeness (QED) is 0.850. The fourth-order valence-corrected chi connectivity index (χ4v) is 4.38. The number of nitrogens with one attached hydrogen (secondary N) is 1. The number of aliphatic imine (C=N–C) groups is 1. The second-order valence-corrected chi connectivity index (χ2v) is 7.81. The van der Waals surface area contributed by atoms with E-state index in [1.165, 1.54) is 24.8 Å². The Balaban J connectivity index is 1.41. The van der Waals surface area contributed by atoms with Crippen LogP contribution in [0.1, 0.15) is 12.8 Å². The molecule has 1 aromatic carbocycles. The molecular formula is C17H21FN4OS. The first-order valence-electron chi connectivity index (χ1n) is 8.69. The minimum Gasteiger partial charge on any atom is -0.378 e. The van der Waals surface area contributed by atoms with E-state index in [4.69, 9.17) is 9.73 Å². The summed E-state index contributed by atoms with van der Waals surface area (Å²) in [6.07, 6.45) is 2.42. The zero-order valence-electron chi connectivity index (χ0n) is 13.5. The molecule has 24 heavy (non-hydrogen) atoms. The highest BCUT2D eigenvalue weighted by atomic mass is 32.2. The lowest BCUT2D eigenvalue weighted by Gasteiger charge is -2.43. The maximum absolute atomic E-state index is 14.1. The Morgan fingerprint density at radius 1 is 1.17 bits per heavy atom. The van der Waals surface area contributed by atoms with Crippen LogP contribution in [0, 0.1) is 11.7 Å². The zero-order chi connectivity index (χ0) is 16.1. The van der Waals surface area contributed by atoms with Crippen LogP contribution in [-0.4, -0.2) is 56.2 Å². The molecule has 3 aliphatic heterocycles. The Bertz CT molecular complexity index is 681. The minimum atomic E-state index is -0.182. The topological polar surface area (TPSA) is 40.1 Å². The molecule has 3 heterocycles. The summed E-state index contributed by atoms with van der Waals surface area (Å²) in [5.41, 5.74) is 1.89. The third-order valence-corrected chi connectivity index (χ3v) is 6.12. The molecule has 5 rings (SSSR count). The maximum atomic E-state index is 14.1. The Labute approximate surface area is 145 Å². The molecule has 0 amide bonds. The Kier molecular flexibility index (Phi) is 3.68. The third kappa shape index (κ3) is 2.68. The van der Waals surface area contributed by atoms with E-state index in [0.29, 0.717) is 12.0 Å². The van der Waals surface area contributed by atoms with Gasteiger partial charge in [-0.3, -0.25) is 4.90 Å². The van der Waals surface area contributed by atoms with Gasteiger partial charge in [0.25, 0.3) is 0 Å². The molecule has 1 N–H and O–H groups in total. The molecule has 128 valence electrons. The molecule has 0 radical (unpaired) electrons. The largest absolute Gasteiger partial charge is 0.378 e. The van der Waals surface area contributed by atoms with Crippen molar-refractivity contribution in [1.82, 2.24) is 9.62 Å². The van der Waals surface area contributed by atoms with Crippen molar-refractivity contribution < 1.29 is 9.13 Å². The van der Waals surface area contributed by atoms with Crippen LogP contribution < -0.4 is 9.62 Å². The number of ether oxygens (including phenoxy) is 1. The average Bonchev–Trinajstić information content (AvgIpc) is 3.38. The van der Waals surface area contributed by atoms with Gasteiger partial charge in [-0.05, 0) is 36.9 Å². The van der Waals surface area contributed by atoms with E-state index >= 15 is 0 Å². The van der Waals surface area contributed by atoms with Gasteiger partial charge in [-0.25, -0.2) is 9.38 Å². The maximum Gasteiger partial charge on any atom is 0.126 e. The van der Waals surface area contributed by atoms with E-state index < -0.39 is 0 Å². The van der Waals surface area contributed by atoms with Crippen LogP contribution in [0.25, 0.3) is 0 Å². The first-order valence-corrected chi connectivity index (χ1v) is 9.51. The number of nitrogens with zero attached hydrogens (tertiary/aromatic N) is 3. The number of hydrogen-bond donors (Lipinski definition) is 1. The van der Waals surface area contributed by atoms with Gasteiger partial charge < -0.3 is 14.4 Å². The molecule has 0 atom stereocenters. The van der Waals surface area contributed by atoms with E-state index in [-0.39, 0.29) is 5.82 Å². The lowest BCUT2D eigenvalue weighted by Crippen LogP contribution is -2.56. The molecule has 0 aromatic heterocycles. The zero-order valence-corrected chi connectivity index (χ0v) is 14.3.